The number of nitrogens with one attached hydrogen (secondary N) is 1. The maximum Gasteiger partial charge on any atom is 0.273 e. The van der Waals surface area contributed by atoms with Gasteiger partial charge in [0.05, 0.1) is 19.9 Å². The van der Waals surface area contributed by atoms with Crippen LogP contribution in [0.4, 0.5) is 5.69 Å². The van der Waals surface area contributed by atoms with Crippen LogP contribution < -0.4 is 20.5 Å². The second kappa shape index (κ2) is 7.22. The molecule has 0 radical (unpaired) electrons. The molecule has 2 aromatic heterocycles. The first-order chi connectivity index (χ1) is 12.6. The molecule has 3 N–H and O–H groups in total. The van der Waals surface area contributed by atoms with Crippen LogP contribution in [0.1, 0.15) is 17.4 Å². The Morgan fingerprint density at radius 2 is 2.00 bits per heavy atom. The van der Waals surface area contributed by atoms with Crippen LogP contribution in [0.3, 0.4) is 0 Å². The van der Waals surface area contributed by atoms with Crippen LogP contribution in [0.15, 0.2) is 30.5 Å². The first-order valence-corrected chi connectivity index (χ1v) is 8.02. The Labute approximate surface area is 150 Å². The number of rotatable bonds is 5. The lowest BCUT2D eigenvalue weighted by Gasteiger charge is -2.13. The third-order valence-corrected chi connectivity index (χ3v) is 3.94. The van der Waals surface area contributed by atoms with Crippen molar-refractivity contribution in [1.82, 2.24) is 20.5 Å². The molecule has 3 rings (SSSR count). The van der Waals surface area contributed by atoms with Gasteiger partial charge >= 0.3 is 0 Å². The smallest absolute Gasteiger partial charge is 0.273 e. The second-order valence-corrected chi connectivity index (χ2v) is 5.45. The quantitative estimate of drug-likeness (QED) is 0.722. The molecule has 8 nitrogen and oxygen atoms in total. The number of pyridine rings is 1. The second-order valence-electron chi connectivity index (χ2n) is 5.45. The van der Waals surface area contributed by atoms with Gasteiger partial charge in [0.25, 0.3) is 5.91 Å². The number of methoxy groups -OCH3 is 2. The van der Waals surface area contributed by atoms with Crippen LogP contribution in [-0.2, 0) is 0 Å². The predicted octanol–water partition coefficient (Wildman–Crippen LogP) is 2.04. The van der Waals surface area contributed by atoms with Crippen LogP contribution in [-0.4, -0.2) is 41.9 Å². The topological polar surface area (TPSA) is 112 Å². The first-order valence-electron chi connectivity index (χ1n) is 8.02. The van der Waals surface area contributed by atoms with E-state index in [1.54, 1.807) is 25.4 Å². The van der Waals surface area contributed by atoms with E-state index in [4.69, 9.17) is 15.2 Å². The molecule has 134 valence electrons. The van der Waals surface area contributed by atoms with Crippen molar-refractivity contribution >= 4 is 22.5 Å². The molecular weight excluding hydrogens is 334 g/mol. The van der Waals surface area contributed by atoms with Gasteiger partial charge in [-0.3, -0.25) is 4.79 Å². The minimum Gasteiger partial charge on any atom is -0.496 e. The summed E-state index contributed by atoms with van der Waals surface area (Å²) in [6.45, 7) is 2.30. The minimum absolute atomic E-state index is 0.108. The molecule has 8 heteroatoms. The molecule has 0 spiro atoms. The maximum absolute atomic E-state index is 12.1. The van der Waals surface area contributed by atoms with E-state index in [2.05, 4.69) is 20.5 Å². The number of nitrogens with two attached hydrogens (primary N) is 1. The van der Waals surface area contributed by atoms with Gasteiger partial charge in [0.15, 0.2) is 5.69 Å². The first kappa shape index (κ1) is 17.4. The highest BCUT2D eigenvalue weighted by molar-refractivity contribution is 6.07. The van der Waals surface area contributed by atoms with Crippen molar-refractivity contribution in [3.05, 3.63) is 36.2 Å². The number of anilines is 1. The van der Waals surface area contributed by atoms with E-state index in [9.17, 15) is 4.79 Å². The number of ether oxygens (including phenoxy) is 2. The Kier molecular flexibility index (Phi) is 4.83. The normalized spacial score (nSPS) is 10.6. The summed E-state index contributed by atoms with van der Waals surface area (Å²) in [5.74, 6) is 0.668. The van der Waals surface area contributed by atoms with Gasteiger partial charge in [0.1, 0.15) is 11.3 Å². The number of carbonyl (C=O) groups is 1. The summed E-state index contributed by atoms with van der Waals surface area (Å²) >= 11 is 0. The number of hydrogen-bond acceptors (Lipinski definition) is 7. The van der Waals surface area contributed by atoms with Gasteiger partial charge in [-0.05, 0) is 6.92 Å². The van der Waals surface area contributed by atoms with Crippen molar-refractivity contribution in [2.45, 2.75) is 6.92 Å². The fraction of sp³-hybridized carbons (Fsp3) is 0.222. The number of fused-ring (bicyclic) bond motifs is 1. The molecule has 1 aromatic carbocycles. The standard InChI is InChI=1S/C18H19N5O3/c1-4-20-18(24)17-15(19)11-7-5-6-10(16(11)22-23-17)12-9-21-14(26-3)8-13(12)25-2/h5-9H,4H2,1-3H3,(H2,19,22)(H,20,24). The van der Waals surface area contributed by atoms with Crippen LogP contribution in [0.25, 0.3) is 22.0 Å². The average Bonchev–Trinajstić information content (AvgIpc) is 2.67. The van der Waals surface area contributed by atoms with Gasteiger partial charge in [0.2, 0.25) is 5.88 Å². The summed E-state index contributed by atoms with van der Waals surface area (Å²) in [6.07, 6.45) is 1.64. The largest absolute Gasteiger partial charge is 0.496 e. The molecule has 2 heterocycles. The molecule has 0 unspecified atom stereocenters. The van der Waals surface area contributed by atoms with Gasteiger partial charge in [-0.1, -0.05) is 18.2 Å². The van der Waals surface area contributed by atoms with Gasteiger partial charge < -0.3 is 20.5 Å². The van der Waals surface area contributed by atoms with E-state index in [-0.39, 0.29) is 17.3 Å². The third-order valence-electron chi connectivity index (χ3n) is 3.94. The van der Waals surface area contributed by atoms with E-state index < -0.39 is 0 Å². The summed E-state index contributed by atoms with van der Waals surface area (Å²) in [7, 11) is 3.10. The highest BCUT2D eigenvalue weighted by atomic mass is 16.5. The monoisotopic (exact) mass is 353 g/mol. The highest BCUT2D eigenvalue weighted by Crippen LogP contribution is 2.36. The number of aromatic nitrogens is 3. The van der Waals surface area contributed by atoms with Crippen LogP contribution >= 0.6 is 0 Å². The van der Waals surface area contributed by atoms with Crippen molar-refractivity contribution in [3.63, 3.8) is 0 Å². The molecule has 0 fully saturated rings. The summed E-state index contributed by atoms with van der Waals surface area (Å²) in [6, 6.07) is 7.19. The van der Waals surface area contributed by atoms with Crippen LogP contribution in [0, 0.1) is 0 Å². The lowest BCUT2D eigenvalue weighted by atomic mass is 10.0. The molecule has 0 aliphatic carbocycles. The van der Waals surface area contributed by atoms with E-state index in [0.29, 0.717) is 29.1 Å². The fourth-order valence-electron chi connectivity index (χ4n) is 2.68. The lowest BCUT2D eigenvalue weighted by molar-refractivity contribution is 0.0951. The number of carbonyl (C=O) groups excluding carboxylic acids is 1. The molecule has 0 bridgehead atoms. The molecule has 3 aromatic rings. The van der Waals surface area contributed by atoms with E-state index in [1.807, 2.05) is 19.1 Å². The fourth-order valence-corrected chi connectivity index (χ4v) is 2.68. The SMILES string of the molecule is CCNC(=O)c1nnc2c(-c3cnc(OC)cc3OC)cccc2c1N. The summed E-state index contributed by atoms with van der Waals surface area (Å²) < 4.78 is 10.6. The molecule has 26 heavy (non-hydrogen) atoms. The van der Waals surface area contributed by atoms with Gasteiger partial charge in [-0.15, -0.1) is 10.2 Å². The summed E-state index contributed by atoms with van der Waals surface area (Å²) in [5.41, 5.74) is 8.60. The van der Waals surface area contributed by atoms with Crippen molar-refractivity contribution < 1.29 is 14.3 Å². The number of nitrogens with zero attached hydrogens (tertiary/aromatic N) is 3. The average molecular weight is 353 g/mol. The van der Waals surface area contributed by atoms with Crippen molar-refractivity contribution in [3.8, 4) is 22.8 Å². The number of nitrogen functional groups attached to an aromatic ring is 1. The molecule has 1 amide bonds. The zero-order valence-electron chi connectivity index (χ0n) is 14.7. The zero-order chi connectivity index (χ0) is 18.7. The van der Waals surface area contributed by atoms with Crippen molar-refractivity contribution in [2.75, 3.05) is 26.5 Å². The van der Waals surface area contributed by atoms with Gasteiger partial charge in [-0.25, -0.2) is 4.98 Å². The van der Waals surface area contributed by atoms with E-state index >= 15 is 0 Å². The summed E-state index contributed by atoms with van der Waals surface area (Å²) in [5, 5.41) is 11.6. The number of benzene rings is 1. The number of amides is 1. The van der Waals surface area contributed by atoms with Crippen molar-refractivity contribution in [2.24, 2.45) is 0 Å². The Bertz CT molecular complexity index is 974. The van der Waals surface area contributed by atoms with Crippen LogP contribution in [0.2, 0.25) is 0 Å². The predicted molar refractivity (Wildman–Crippen MR) is 98.3 cm³/mol. The summed E-state index contributed by atoms with van der Waals surface area (Å²) in [4.78, 5) is 16.3. The Balaban J connectivity index is 2.20. The number of hydrogen-bond donors (Lipinski definition) is 2. The third kappa shape index (κ3) is 2.97. The lowest BCUT2D eigenvalue weighted by Crippen LogP contribution is -2.25. The molecule has 0 atom stereocenters. The van der Waals surface area contributed by atoms with Crippen LogP contribution in [0.5, 0.6) is 11.6 Å². The molecule has 0 saturated carbocycles. The molecule has 0 aliphatic heterocycles. The Morgan fingerprint density at radius 1 is 1.19 bits per heavy atom. The molecular formula is C18H19N5O3. The minimum atomic E-state index is -0.353. The molecule has 0 saturated heterocycles. The maximum atomic E-state index is 12.1. The Morgan fingerprint density at radius 3 is 2.69 bits per heavy atom. The van der Waals surface area contributed by atoms with E-state index in [0.717, 1.165) is 11.1 Å². The van der Waals surface area contributed by atoms with Gasteiger partial charge in [0, 0.05) is 35.3 Å². The zero-order valence-corrected chi connectivity index (χ0v) is 14.7. The highest BCUT2D eigenvalue weighted by Gasteiger charge is 2.18. The van der Waals surface area contributed by atoms with E-state index in [1.165, 1.54) is 7.11 Å². The van der Waals surface area contributed by atoms with Gasteiger partial charge in [-0.2, -0.15) is 0 Å². The van der Waals surface area contributed by atoms with Crippen molar-refractivity contribution in [1.29, 1.82) is 0 Å². The Hall–Kier alpha value is -3.42. The molecule has 0 aliphatic rings.